The molecule has 1 N–H and O–H groups in total. The van der Waals surface area contributed by atoms with Crippen molar-refractivity contribution in [3.63, 3.8) is 0 Å². The van der Waals surface area contributed by atoms with Crippen LogP contribution in [0.15, 0.2) is 58.7 Å². The molecule has 0 aliphatic carbocycles. The monoisotopic (exact) mass is 390 g/mol. The van der Waals surface area contributed by atoms with Crippen LogP contribution in [0.2, 0.25) is 0 Å². The van der Waals surface area contributed by atoms with Crippen molar-refractivity contribution in [3.8, 4) is 10.6 Å². The Kier molecular flexibility index (Phi) is 4.09. The summed E-state index contributed by atoms with van der Waals surface area (Å²) in [5, 5.41) is 7.51. The number of nitrogens with zero attached hydrogens (tertiary/aromatic N) is 3. The molecule has 7 heteroatoms. The average Bonchev–Trinajstić information content (AvgIpc) is 3.37. The number of fused-ring (bicyclic) bond motifs is 3. The van der Waals surface area contributed by atoms with Crippen molar-refractivity contribution in [2.45, 2.75) is 19.5 Å². The molecule has 1 aliphatic heterocycles. The summed E-state index contributed by atoms with van der Waals surface area (Å²) in [5.74, 6) is -0.0890. The summed E-state index contributed by atoms with van der Waals surface area (Å²) >= 11 is 1.56. The number of hydrogen-bond acceptors (Lipinski definition) is 4. The van der Waals surface area contributed by atoms with Crippen LogP contribution in [0.4, 0.5) is 0 Å². The number of nitrogens with one attached hydrogen (secondary N) is 1. The average molecular weight is 390 g/mol. The molecule has 0 saturated carbocycles. The standard InChI is InChI=1S/C21H18N4O2S/c26-20-8-7-18(19-6-3-11-28-19)23-25(20)13-21(27)24-10-9-17-15(12-24)14-4-1-2-5-16(14)22-17/h1-8,11,22H,9-10,12-13H2. The van der Waals surface area contributed by atoms with E-state index in [4.69, 9.17) is 0 Å². The molecule has 1 amide bonds. The molecule has 6 nitrogen and oxygen atoms in total. The third-order valence-corrected chi connectivity index (χ3v) is 6.05. The van der Waals surface area contributed by atoms with E-state index in [1.807, 2.05) is 34.5 Å². The predicted molar refractivity (Wildman–Crippen MR) is 109 cm³/mol. The molecule has 0 unspecified atom stereocenters. The van der Waals surface area contributed by atoms with E-state index in [1.165, 1.54) is 22.0 Å². The van der Waals surface area contributed by atoms with Crippen LogP contribution < -0.4 is 5.56 Å². The lowest BCUT2D eigenvalue weighted by molar-refractivity contribution is -0.133. The van der Waals surface area contributed by atoms with Crippen molar-refractivity contribution >= 4 is 28.1 Å². The number of benzene rings is 1. The molecule has 1 aromatic carbocycles. The zero-order chi connectivity index (χ0) is 19.1. The lowest BCUT2D eigenvalue weighted by atomic mass is 10.0. The van der Waals surface area contributed by atoms with E-state index in [0.29, 0.717) is 18.8 Å². The number of aromatic nitrogens is 3. The van der Waals surface area contributed by atoms with E-state index in [1.54, 1.807) is 17.4 Å². The SMILES string of the molecule is O=C(Cn1nc(-c2cccs2)ccc1=O)N1CCc2[nH]c3ccccc3c2C1. The molecule has 28 heavy (non-hydrogen) atoms. The van der Waals surface area contributed by atoms with Crippen LogP contribution in [0.1, 0.15) is 11.3 Å². The van der Waals surface area contributed by atoms with E-state index < -0.39 is 0 Å². The van der Waals surface area contributed by atoms with Gasteiger partial charge < -0.3 is 9.88 Å². The zero-order valence-corrected chi connectivity index (χ0v) is 15.9. The Labute approximate surface area is 165 Å². The first-order chi connectivity index (χ1) is 13.7. The predicted octanol–water partition coefficient (Wildman–Crippen LogP) is 3.04. The first kappa shape index (κ1) is 16.9. The molecule has 0 radical (unpaired) electrons. The molecule has 0 atom stereocenters. The van der Waals surface area contributed by atoms with Gasteiger partial charge >= 0.3 is 0 Å². The Morgan fingerprint density at radius 2 is 2.04 bits per heavy atom. The summed E-state index contributed by atoms with van der Waals surface area (Å²) in [6, 6.07) is 15.2. The molecular weight excluding hydrogens is 372 g/mol. The van der Waals surface area contributed by atoms with E-state index in [0.717, 1.165) is 22.2 Å². The van der Waals surface area contributed by atoms with Crippen LogP contribution in [0.5, 0.6) is 0 Å². The fourth-order valence-corrected chi connectivity index (χ4v) is 4.42. The summed E-state index contributed by atoms with van der Waals surface area (Å²) < 4.78 is 1.27. The van der Waals surface area contributed by atoms with Gasteiger partial charge in [0.1, 0.15) is 12.2 Å². The summed E-state index contributed by atoms with van der Waals surface area (Å²) in [5.41, 5.74) is 3.91. The highest BCUT2D eigenvalue weighted by molar-refractivity contribution is 7.13. The number of carbonyl (C=O) groups excluding carboxylic acids is 1. The molecule has 140 valence electrons. The number of rotatable bonds is 3. The third kappa shape index (κ3) is 2.93. The molecule has 0 saturated heterocycles. The molecule has 0 bridgehead atoms. The third-order valence-electron chi connectivity index (χ3n) is 5.16. The molecule has 1 aliphatic rings. The first-order valence-corrected chi connectivity index (χ1v) is 10.1. The summed E-state index contributed by atoms with van der Waals surface area (Å²) in [6.07, 6.45) is 0.785. The van der Waals surface area contributed by atoms with Gasteiger partial charge in [-0.2, -0.15) is 5.10 Å². The Morgan fingerprint density at radius 1 is 1.14 bits per heavy atom. The van der Waals surface area contributed by atoms with E-state index in [9.17, 15) is 9.59 Å². The van der Waals surface area contributed by atoms with Crippen molar-refractivity contribution in [1.29, 1.82) is 0 Å². The van der Waals surface area contributed by atoms with Crippen molar-refractivity contribution in [2.24, 2.45) is 0 Å². The van der Waals surface area contributed by atoms with Gasteiger partial charge in [0.15, 0.2) is 0 Å². The van der Waals surface area contributed by atoms with Gasteiger partial charge in [-0.05, 0) is 23.6 Å². The van der Waals surface area contributed by atoms with Crippen molar-refractivity contribution in [3.05, 3.63) is 75.5 Å². The lowest BCUT2D eigenvalue weighted by Crippen LogP contribution is -2.40. The van der Waals surface area contributed by atoms with Gasteiger partial charge in [0.05, 0.1) is 4.88 Å². The van der Waals surface area contributed by atoms with E-state index >= 15 is 0 Å². The Balaban J connectivity index is 1.39. The van der Waals surface area contributed by atoms with Gasteiger partial charge in [-0.15, -0.1) is 11.3 Å². The fraction of sp³-hybridized carbons (Fsp3) is 0.190. The Hall–Kier alpha value is -3.19. The van der Waals surface area contributed by atoms with Gasteiger partial charge in [0.2, 0.25) is 5.91 Å². The quantitative estimate of drug-likeness (QED) is 0.584. The minimum absolute atomic E-state index is 0.0459. The van der Waals surface area contributed by atoms with Crippen LogP contribution in [-0.2, 0) is 24.3 Å². The van der Waals surface area contributed by atoms with Crippen LogP contribution in [0.3, 0.4) is 0 Å². The van der Waals surface area contributed by atoms with Gasteiger partial charge in [-0.25, -0.2) is 4.68 Å². The second kappa shape index (κ2) is 6.76. The largest absolute Gasteiger partial charge is 0.358 e. The van der Waals surface area contributed by atoms with Crippen LogP contribution in [-0.4, -0.2) is 32.1 Å². The van der Waals surface area contributed by atoms with E-state index in [-0.39, 0.29) is 18.0 Å². The zero-order valence-electron chi connectivity index (χ0n) is 15.1. The lowest BCUT2D eigenvalue weighted by Gasteiger charge is -2.27. The van der Waals surface area contributed by atoms with Gasteiger partial charge in [0, 0.05) is 47.7 Å². The molecule has 0 spiro atoms. The maximum absolute atomic E-state index is 12.9. The van der Waals surface area contributed by atoms with E-state index in [2.05, 4.69) is 22.2 Å². The summed E-state index contributed by atoms with van der Waals surface area (Å²) in [4.78, 5) is 31.4. The highest BCUT2D eigenvalue weighted by Crippen LogP contribution is 2.27. The van der Waals surface area contributed by atoms with Crippen LogP contribution in [0.25, 0.3) is 21.5 Å². The number of H-pyrrole nitrogens is 1. The topological polar surface area (TPSA) is 71.0 Å². The van der Waals surface area contributed by atoms with Crippen molar-refractivity contribution in [1.82, 2.24) is 19.7 Å². The molecule has 0 fully saturated rings. The second-order valence-corrected chi connectivity index (χ2v) is 7.83. The number of thiophene rings is 1. The smallest absolute Gasteiger partial charge is 0.267 e. The molecular formula is C21H18N4O2S. The minimum atomic E-state index is -0.265. The molecule has 3 aromatic heterocycles. The molecule has 4 heterocycles. The molecule has 5 rings (SSSR count). The first-order valence-electron chi connectivity index (χ1n) is 9.17. The normalized spacial score (nSPS) is 13.6. The van der Waals surface area contributed by atoms with Crippen molar-refractivity contribution < 1.29 is 4.79 Å². The van der Waals surface area contributed by atoms with Gasteiger partial charge in [-0.1, -0.05) is 24.3 Å². The highest BCUT2D eigenvalue weighted by atomic mass is 32.1. The minimum Gasteiger partial charge on any atom is -0.358 e. The van der Waals surface area contributed by atoms with Gasteiger partial charge in [0.25, 0.3) is 5.56 Å². The maximum Gasteiger partial charge on any atom is 0.267 e. The van der Waals surface area contributed by atoms with Crippen LogP contribution >= 0.6 is 11.3 Å². The number of para-hydroxylation sites is 1. The number of amides is 1. The highest BCUT2D eigenvalue weighted by Gasteiger charge is 2.24. The summed E-state index contributed by atoms with van der Waals surface area (Å²) in [6.45, 7) is 1.14. The second-order valence-electron chi connectivity index (χ2n) is 6.88. The Bertz CT molecular complexity index is 1220. The van der Waals surface area contributed by atoms with Gasteiger partial charge in [-0.3, -0.25) is 9.59 Å². The number of carbonyl (C=O) groups is 1. The maximum atomic E-state index is 12.9. The number of aromatic amines is 1. The fourth-order valence-electron chi connectivity index (χ4n) is 3.73. The van der Waals surface area contributed by atoms with Crippen molar-refractivity contribution in [2.75, 3.05) is 6.54 Å². The number of hydrogen-bond donors (Lipinski definition) is 1. The molecule has 4 aromatic rings. The van der Waals surface area contributed by atoms with Crippen LogP contribution in [0, 0.1) is 0 Å². The summed E-state index contributed by atoms with van der Waals surface area (Å²) in [7, 11) is 0. The Morgan fingerprint density at radius 3 is 2.89 bits per heavy atom.